The van der Waals surface area contributed by atoms with Gasteiger partial charge in [0.05, 0.1) is 6.04 Å². The van der Waals surface area contributed by atoms with Gasteiger partial charge in [-0.3, -0.25) is 14.5 Å². The lowest BCUT2D eigenvalue weighted by molar-refractivity contribution is -0.138. The van der Waals surface area contributed by atoms with Gasteiger partial charge in [0, 0.05) is 54.1 Å². The summed E-state index contributed by atoms with van der Waals surface area (Å²) in [5, 5.41) is 4.08. The number of aromatic amines is 1. The average molecular weight is 483 g/mol. The maximum Gasteiger partial charge on any atom is 0.245 e. The molecule has 5 atom stereocenters. The third-order valence-electron chi connectivity index (χ3n) is 8.90. The molecule has 2 aromatic rings. The molecule has 0 spiro atoms. The summed E-state index contributed by atoms with van der Waals surface area (Å²) in [4.78, 5) is 34.5. The number of benzene rings is 1. The van der Waals surface area contributed by atoms with Gasteiger partial charge in [-0.15, -0.1) is 0 Å². The Hall–Kier alpha value is -2.41. The Morgan fingerprint density at radius 2 is 1.94 bits per heavy atom. The number of aromatic nitrogens is 1. The minimum atomic E-state index is -0.492. The second-order valence-electron chi connectivity index (χ2n) is 10.8. The van der Waals surface area contributed by atoms with E-state index in [1.165, 1.54) is 37.3 Å². The number of carbonyl (C=O) groups is 2. The summed E-state index contributed by atoms with van der Waals surface area (Å²) >= 11 is 0. The van der Waals surface area contributed by atoms with Crippen LogP contribution in [-0.4, -0.2) is 63.9 Å². The third kappa shape index (κ3) is 4.37. The highest BCUT2D eigenvalue weighted by Crippen LogP contribution is 2.45. The fraction of sp³-hybridized carbons (Fsp3) is 0.643. The van der Waals surface area contributed by atoms with Crippen LogP contribution in [0, 0.1) is 11.7 Å². The summed E-state index contributed by atoms with van der Waals surface area (Å²) in [6.45, 7) is 7.51. The summed E-state index contributed by atoms with van der Waals surface area (Å²) in [5.74, 6) is -0.192. The standard InChI is InChI=1S/C28H39FN4O2/c1-4-17(3)27(34)31-23(5-2)28(35)32-13-12-25-26(32)22(16-33(25)19-8-6-7-9-19)21-15-30-24-14-18(29)10-11-20(21)24/h10-11,14-15,17,19,22-23,25-26,30H,4-9,12-13,16H2,1-3H3,(H,31,34)/t17-,22-,23+,25-,26-/m1/s1. The SMILES string of the molecule is CC[C@@H](C)C(=O)N[C@@H](CC)C(=O)N1CC[C@@H]2[C@H]1[C@@H](c1c[nH]c3cc(F)ccc13)CN2C1CCCC1. The number of halogens is 1. The lowest BCUT2D eigenvalue weighted by Gasteiger charge is -2.32. The summed E-state index contributed by atoms with van der Waals surface area (Å²) < 4.78 is 13.9. The molecule has 2 N–H and O–H groups in total. The molecule has 3 aliphatic rings. The van der Waals surface area contributed by atoms with Crippen molar-refractivity contribution in [3.63, 3.8) is 0 Å². The zero-order chi connectivity index (χ0) is 24.7. The van der Waals surface area contributed by atoms with Crippen molar-refractivity contribution in [3.05, 3.63) is 35.8 Å². The van der Waals surface area contributed by atoms with Crippen LogP contribution in [-0.2, 0) is 9.59 Å². The number of likely N-dealkylation sites (tertiary alicyclic amines) is 2. The molecule has 0 unspecified atom stereocenters. The van der Waals surface area contributed by atoms with Gasteiger partial charge in [-0.05, 0) is 55.9 Å². The molecule has 0 bridgehead atoms. The molecule has 190 valence electrons. The van der Waals surface area contributed by atoms with E-state index in [0.717, 1.165) is 36.8 Å². The van der Waals surface area contributed by atoms with Crippen molar-refractivity contribution in [1.29, 1.82) is 0 Å². The van der Waals surface area contributed by atoms with Crippen molar-refractivity contribution in [1.82, 2.24) is 20.1 Å². The molecule has 2 aliphatic heterocycles. The summed E-state index contributed by atoms with van der Waals surface area (Å²) in [7, 11) is 0. The maximum absolute atomic E-state index is 13.9. The van der Waals surface area contributed by atoms with Crippen molar-refractivity contribution in [2.45, 2.75) is 95.8 Å². The van der Waals surface area contributed by atoms with Crippen LogP contribution in [0.25, 0.3) is 10.9 Å². The molecule has 1 saturated carbocycles. The van der Waals surface area contributed by atoms with Crippen LogP contribution < -0.4 is 5.32 Å². The highest BCUT2D eigenvalue weighted by atomic mass is 19.1. The number of hydrogen-bond donors (Lipinski definition) is 2. The van der Waals surface area contributed by atoms with Crippen LogP contribution in [0.15, 0.2) is 24.4 Å². The van der Waals surface area contributed by atoms with E-state index >= 15 is 0 Å². The molecule has 5 rings (SSSR count). The van der Waals surface area contributed by atoms with Gasteiger partial charge in [0.25, 0.3) is 0 Å². The lowest BCUT2D eigenvalue weighted by Crippen LogP contribution is -2.52. The summed E-state index contributed by atoms with van der Waals surface area (Å²) in [6, 6.07) is 5.43. The molecule has 2 amide bonds. The summed E-state index contributed by atoms with van der Waals surface area (Å²) in [6.07, 6.45) is 9.33. The van der Waals surface area contributed by atoms with Crippen LogP contribution in [0.2, 0.25) is 0 Å². The van der Waals surface area contributed by atoms with Crippen molar-refractivity contribution < 1.29 is 14.0 Å². The normalized spacial score (nSPS) is 26.9. The Morgan fingerprint density at radius 1 is 1.17 bits per heavy atom. The third-order valence-corrected chi connectivity index (χ3v) is 8.90. The first kappa shape index (κ1) is 24.3. The highest BCUT2D eigenvalue weighted by molar-refractivity contribution is 5.89. The molecule has 1 aromatic heterocycles. The topological polar surface area (TPSA) is 68.4 Å². The fourth-order valence-electron chi connectivity index (χ4n) is 6.78. The van der Waals surface area contributed by atoms with Gasteiger partial charge in [-0.25, -0.2) is 4.39 Å². The minimum Gasteiger partial charge on any atom is -0.361 e. The van der Waals surface area contributed by atoms with E-state index in [2.05, 4.69) is 20.1 Å². The van der Waals surface area contributed by atoms with Crippen LogP contribution in [0.5, 0.6) is 0 Å². The second-order valence-corrected chi connectivity index (χ2v) is 10.8. The monoisotopic (exact) mass is 482 g/mol. The van der Waals surface area contributed by atoms with Gasteiger partial charge < -0.3 is 15.2 Å². The van der Waals surface area contributed by atoms with Crippen molar-refractivity contribution in [3.8, 4) is 0 Å². The number of fused-ring (bicyclic) bond motifs is 2. The van der Waals surface area contributed by atoms with Crippen LogP contribution in [0.3, 0.4) is 0 Å². The van der Waals surface area contributed by atoms with Gasteiger partial charge in [0.15, 0.2) is 0 Å². The molecule has 3 fully saturated rings. The Kier molecular flexibility index (Phi) is 6.88. The van der Waals surface area contributed by atoms with E-state index in [0.29, 0.717) is 18.5 Å². The Bertz CT molecular complexity index is 1080. The van der Waals surface area contributed by atoms with Gasteiger partial charge in [-0.1, -0.05) is 33.6 Å². The van der Waals surface area contributed by atoms with E-state index in [1.54, 1.807) is 6.07 Å². The molecular formula is C28H39FN4O2. The number of nitrogens with one attached hydrogen (secondary N) is 2. The van der Waals surface area contributed by atoms with Crippen LogP contribution >= 0.6 is 0 Å². The average Bonchev–Trinajstić information content (AvgIpc) is 3.65. The number of amides is 2. The van der Waals surface area contributed by atoms with Crippen molar-refractivity contribution >= 4 is 22.7 Å². The fourth-order valence-corrected chi connectivity index (χ4v) is 6.78. The number of H-pyrrole nitrogens is 1. The minimum absolute atomic E-state index is 0.0424. The lowest BCUT2D eigenvalue weighted by atomic mass is 9.91. The van der Waals surface area contributed by atoms with Gasteiger partial charge in [-0.2, -0.15) is 0 Å². The molecule has 35 heavy (non-hydrogen) atoms. The zero-order valence-electron chi connectivity index (χ0n) is 21.2. The number of carbonyl (C=O) groups excluding carboxylic acids is 2. The highest BCUT2D eigenvalue weighted by Gasteiger charge is 2.53. The summed E-state index contributed by atoms with van der Waals surface area (Å²) in [5.41, 5.74) is 1.98. The van der Waals surface area contributed by atoms with E-state index < -0.39 is 6.04 Å². The first-order valence-corrected chi connectivity index (χ1v) is 13.6. The van der Waals surface area contributed by atoms with E-state index in [1.807, 2.05) is 33.0 Å². The molecule has 7 heteroatoms. The van der Waals surface area contributed by atoms with Crippen molar-refractivity contribution in [2.24, 2.45) is 5.92 Å². The molecule has 2 saturated heterocycles. The van der Waals surface area contributed by atoms with Gasteiger partial charge in [0.1, 0.15) is 11.9 Å². The Balaban J connectivity index is 1.46. The maximum atomic E-state index is 13.9. The van der Waals surface area contributed by atoms with E-state index in [4.69, 9.17) is 0 Å². The Labute approximate surface area is 207 Å². The zero-order valence-corrected chi connectivity index (χ0v) is 21.2. The van der Waals surface area contributed by atoms with Gasteiger partial charge >= 0.3 is 0 Å². The molecular weight excluding hydrogens is 443 g/mol. The Morgan fingerprint density at radius 3 is 2.66 bits per heavy atom. The van der Waals surface area contributed by atoms with Crippen LogP contribution in [0.1, 0.15) is 77.2 Å². The molecule has 6 nitrogen and oxygen atoms in total. The smallest absolute Gasteiger partial charge is 0.245 e. The van der Waals surface area contributed by atoms with Crippen molar-refractivity contribution in [2.75, 3.05) is 13.1 Å². The molecule has 1 aromatic carbocycles. The van der Waals surface area contributed by atoms with Crippen LogP contribution in [0.4, 0.5) is 4.39 Å². The number of rotatable bonds is 7. The predicted molar refractivity (Wildman–Crippen MR) is 136 cm³/mol. The molecule has 0 radical (unpaired) electrons. The molecule has 3 heterocycles. The first-order chi connectivity index (χ1) is 16.9. The van der Waals surface area contributed by atoms with Gasteiger partial charge in [0.2, 0.25) is 11.8 Å². The number of nitrogens with zero attached hydrogens (tertiary/aromatic N) is 2. The van der Waals surface area contributed by atoms with E-state index in [9.17, 15) is 14.0 Å². The quantitative estimate of drug-likeness (QED) is 0.608. The number of hydrogen-bond acceptors (Lipinski definition) is 3. The largest absolute Gasteiger partial charge is 0.361 e. The first-order valence-electron chi connectivity index (χ1n) is 13.6. The second kappa shape index (κ2) is 9.92. The molecule has 1 aliphatic carbocycles. The predicted octanol–water partition coefficient (Wildman–Crippen LogP) is 4.56. The van der Waals surface area contributed by atoms with E-state index in [-0.39, 0.29) is 35.5 Å².